The molecule has 3 aromatic rings. The SMILES string of the molecule is CCn1c(SCC(=O)c2ccc(O)c(O)c2)nc2sc3c(c2c1=O)CCC(C)C3. The Balaban J connectivity index is 1.66. The van der Waals surface area contributed by atoms with Gasteiger partial charge in [-0.05, 0) is 55.9 Å². The molecule has 2 aromatic heterocycles. The molecule has 2 heterocycles. The second kappa shape index (κ2) is 7.84. The van der Waals surface area contributed by atoms with Crippen LogP contribution in [0.15, 0.2) is 28.2 Å². The van der Waals surface area contributed by atoms with Gasteiger partial charge in [0.2, 0.25) is 0 Å². The number of aromatic hydroxyl groups is 2. The number of phenols is 2. The van der Waals surface area contributed by atoms with Gasteiger partial charge in [-0.3, -0.25) is 14.2 Å². The van der Waals surface area contributed by atoms with Crippen molar-refractivity contribution in [1.82, 2.24) is 9.55 Å². The highest BCUT2D eigenvalue weighted by molar-refractivity contribution is 7.99. The third kappa shape index (κ3) is 3.67. The van der Waals surface area contributed by atoms with E-state index in [0.717, 1.165) is 35.0 Å². The molecule has 6 nitrogen and oxygen atoms in total. The van der Waals surface area contributed by atoms with Crippen LogP contribution in [0.25, 0.3) is 10.2 Å². The van der Waals surface area contributed by atoms with E-state index in [2.05, 4.69) is 6.92 Å². The zero-order valence-electron chi connectivity index (χ0n) is 16.3. The van der Waals surface area contributed by atoms with E-state index in [1.807, 2.05) is 6.92 Å². The van der Waals surface area contributed by atoms with Gasteiger partial charge >= 0.3 is 0 Å². The molecule has 0 fully saturated rings. The Morgan fingerprint density at radius 3 is 2.86 bits per heavy atom. The van der Waals surface area contributed by atoms with Crippen molar-refractivity contribution < 1.29 is 15.0 Å². The van der Waals surface area contributed by atoms with Crippen molar-refractivity contribution in [2.45, 2.75) is 44.8 Å². The number of rotatable bonds is 5. The van der Waals surface area contributed by atoms with Gasteiger partial charge in [-0.15, -0.1) is 11.3 Å². The van der Waals surface area contributed by atoms with Crippen molar-refractivity contribution in [3.8, 4) is 11.5 Å². The maximum Gasteiger partial charge on any atom is 0.263 e. The lowest BCUT2D eigenvalue weighted by atomic mass is 9.89. The number of benzene rings is 1. The van der Waals surface area contributed by atoms with E-state index in [-0.39, 0.29) is 28.6 Å². The van der Waals surface area contributed by atoms with Crippen LogP contribution in [0.5, 0.6) is 11.5 Å². The third-order valence-corrected chi connectivity index (χ3v) is 7.45. The molecule has 0 spiro atoms. The summed E-state index contributed by atoms with van der Waals surface area (Å²) in [5, 5.41) is 20.3. The van der Waals surface area contributed by atoms with Crippen LogP contribution < -0.4 is 5.56 Å². The summed E-state index contributed by atoms with van der Waals surface area (Å²) >= 11 is 2.83. The average Bonchev–Trinajstić information content (AvgIpc) is 3.05. The molecule has 1 aliphatic carbocycles. The zero-order valence-corrected chi connectivity index (χ0v) is 17.9. The maximum absolute atomic E-state index is 13.2. The Morgan fingerprint density at radius 2 is 2.14 bits per heavy atom. The van der Waals surface area contributed by atoms with Gasteiger partial charge < -0.3 is 10.2 Å². The van der Waals surface area contributed by atoms with Crippen molar-refractivity contribution in [2.75, 3.05) is 5.75 Å². The van der Waals surface area contributed by atoms with Gasteiger partial charge in [0.1, 0.15) is 4.83 Å². The molecule has 0 saturated carbocycles. The summed E-state index contributed by atoms with van der Waals surface area (Å²) in [4.78, 5) is 32.4. The summed E-state index contributed by atoms with van der Waals surface area (Å²) < 4.78 is 1.64. The molecule has 1 aromatic carbocycles. The van der Waals surface area contributed by atoms with Crippen LogP contribution in [0.4, 0.5) is 0 Å². The van der Waals surface area contributed by atoms with Gasteiger partial charge in [0.05, 0.1) is 11.1 Å². The topological polar surface area (TPSA) is 92.4 Å². The van der Waals surface area contributed by atoms with E-state index < -0.39 is 0 Å². The predicted molar refractivity (Wildman–Crippen MR) is 116 cm³/mol. The van der Waals surface area contributed by atoms with E-state index in [9.17, 15) is 19.8 Å². The number of thiophene rings is 1. The van der Waals surface area contributed by atoms with Crippen molar-refractivity contribution in [3.63, 3.8) is 0 Å². The van der Waals surface area contributed by atoms with E-state index >= 15 is 0 Å². The first kappa shape index (κ1) is 20.0. The summed E-state index contributed by atoms with van der Waals surface area (Å²) in [7, 11) is 0. The standard InChI is InChI=1S/C21H22N2O4S2/c1-3-23-20(27)18-13-6-4-11(2)8-17(13)29-19(18)22-21(23)28-10-16(26)12-5-7-14(24)15(25)9-12/h5,7,9,11,24-25H,3-4,6,8,10H2,1-2H3. The normalized spacial score (nSPS) is 16.1. The molecular formula is C21H22N2O4S2. The number of thioether (sulfide) groups is 1. The largest absolute Gasteiger partial charge is 0.504 e. The molecule has 0 radical (unpaired) electrons. The highest BCUT2D eigenvalue weighted by atomic mass is 32.2. The monoisotopic (exact) mass is 430 g/mol. The van der Waals surface area contributed by atoms with Gasteiger partial charge in [-0.1, -0.05) is 18.7 Å². The van der Waals surface area contributed by atoms with Gasteiger partial charge in [-0.2, -0.15) is 0 Å². The number of carbonyl (C=O) groups is 1. The Labute approximate surface area is 176 Å². The Hall–Kier alpha value is -2.32. The molecule has 1 aliphatic rings. The number of fused-ring (bicyclic) bond motifs is 3. The first-order chi connectivity index (χ1) is 13.9. The average molecular weight is 431 g/mol. The number of ketones is 1. The maximum atomic E-state index is 13.2. The minimum atomic E-state index is -0.329. The van der Waals surface area contributed by atoms with Crippen LogP contribution >= 0.6 is 23.1 Å². The summed E-state index contributed by atoms with van der Waals surface area (Å²) in [5.74, 6) is -0.0928. The molecule has 0 saturated heterocycles. The second-order valence-corrected chi connectivity index (χ2v) is 9.42. The molecule has 2 N–H and O–H groups in total. The lowest BCUT2D eigenvalue weighted by molar-refractivity contribution is 0.102. The van der Waals surface area contributed by atoms with Crippen molar-refractivity contribution in [3.05, 3.63) is 44.6 Å². The number of phenolic OH excluding ortho intramolecular Hbond substituents is 2. The summed E-state index contributed by atoms with van der Waals surface area (Å²) in [6.45, 7) is 4.62. The third-order valence-electron chi connectivity index (χ3n) is 5.33. The van der Waals surface area contributed by atoms with E-state index in [0.29, 0.717) is 23.2 Å². The Morgan fingerprint density at radius 1 is 1.34 bits per heavy atom. The second-order valence-electron chi connectivity index (χ2n) is 7.39. The van der Waals surface area contributed by atoms with Crippen LogP contribution in [0.2, 0.25) is 0 Å². The number of nitrogens with zero attached hydrogens (tertiary/aromatic N) is 2. The molecule has 8 heteroatoms. The van der Waals surface area contributed by atoms with Crippen molar-refractivity contribution >= 4 is 39.1 Å². The van der Waals surface area contributed by atoms with Gasteiger partial charge in [0.15, 0.2) is 22.4 Å². The lowest BCUT2D eigenvalue weighted by Crippen LogP contribution is -2.23. The predicted octanol–water partition coefficient (Wildman–Crippen LogP) is 3.99. The molecule has 0 bridgehead atoms. The van der Waals surface area contributed by atoms with Gasteiger partial charge in [0.25, 0.3) is 5.56 Å². The molecular weight excluding hydrogens is 408 g/mol. The summed E-state index contributed by atoms with van der Waals surface area (Å²) in [5.41, 5.74) is 1.44. The summed E-state index contributed by atoms with van der Waals surface area (Å²) in [6, 6.07) is 4.00. The van der Waals surface area contributed by atoms with Crippen molar-refractivity contribution in [2.24, 2.45) is 5.92 Å². The fourth-order valence-corrected chi connectivity index (χ4v) is 6.09. The summed E-state index contributed by atoms with van der Waals surface area (Å²) in [6.07, 6.45) is 3.01. The smallest absolute Gasteiger partial charge is 0.263 e. The molecule has 1 atom stereocenters. The lowest BCUT2D eigenvalue weighted by Gasteiger charge is -2.17. The van der Waals surface area contributed by atoms with Crippen LogP contribution in [-0.4, -0.2) is 31.3 Å². The zero-order chi connectivity index (χ0) is 20.7. The van der Waals surface area contributed by atoms with Gasteiger partial charge in [-0.25, -0.2) is 4.98 Å². The first-order valence-electron chi connectivity index (χ1n) is 9.62. The number of Topliss-reactive ketones (excluding diaryl/α,β-unsaturated/α-hetero) is 1. The molecule has 29 heavy (non-hydrogen) atoms. The fraction of sp³-hybridized carbons (Fsp3) is 0.381. The molecule has 152 valence electrons. The number of carbonyl (C=O) groups excluding carboxylic acids is 1. The molecule has 1 unspecified atom stereocenters. The van der Waals surface area contributed by atoms with Crippen LogP contribution in [0.1, 0.15) is 41.1 Å². The Bertz CT molecular complexity index is 1170. The minimum absolute atomic E-state index is 0.0261. The molecule has 0 amide bonds. The molecule has 0 aliphatic heterocycles. The highest BCUT2D eigenvalue weighted by Crippen LogP contribution is 2.36. The van der Waals surface area contributed by atoms with E-state index in [1.165, 1.54) is 34.8 Å². The fourth-order valence-electron chi connectivity index (χ4n) is 3.70. The first-order valence-corrected chi connectivity index (χ1v) is 11.4. The molecule has 4 rings (SSSR count). The van der Waals surface area contributed by atoms with Crippen molar-refractivity contribution in [1.29, 1.82) is 0 Å². The number of hydrogen-bond acceptors (Lipinski definition) is 7. The van der Waals surface area contributed by atoms with Gasteiger partial charge in [0, 0.05) is 17.0 Å². The van der Waals surface area contributed by atoms with Crippen LogP contribution in [0, 0.1) is 5.92 Å². The minimum Gasteiger partial charge on any atom is -0.504 e. The quantitative estimate of drug-likeness (QED) is 0.275. The number of aromatic nitrogens is 2. The van der Waals surface area contributed by atoms with Crippen LogP contribution in [0.3, 0.4) is 0 Å². The highest BCUT2D eigenvalue weighted by Gasteiger charge is 2.24. The van der Waals surface area contributed by atoms with E-state index in [1.54, 1.807) is 15.9 Å². The van der Waals surface area contributed by atoms with Crippen LogP contribution in [-0.2, 0) is 19.4 Å². The number of aryl methyl sites for hydroxylation is 1. The van der Waals surface area contributed by atoms with E-state index in [4.69, 9.17) is 4.98 Å². The Kier molecular flexibility index (Phi) is 5.40. The number of hydrogen-bond donors (Lipinski definition) is 2.